The van der Waals surface area contributed by atoms with Crippen LogP contribution in [0.1, 0.15) is 55.4 Å². The third-order valence-corrected chi connectivity index (χ3v) is 10.4. The first kappa shape index (κ1) is 29.7. The molecule has 0 saturated carbocycles. The Morgan fingerprint density at radius 3 is 2.26 bits per heavy atom. The molecule has 1 N–H and O–H groups in total. The maximum atomic E-state index is 13.6. The molecule has 12 heteroatoms. The number of fused-ring (bicyclic) bond motifs is 3. The zero-order valence-corrected chi connectivity index (χ0v) is 25.4. The monoisotopic (exact) mass is 612 g/mol. The summed E-state index contributed by atoms with van der Waals surface area (Å²) in [6, 6.07) is 12.3. The van der Waals surface area contributed by atoms with Crippen LogP contribution in [0.25, 0.3) is 0 Å². The van der Waals surface area contributed by atoms with Gasteiger partial charge in [-0.2, -0.15) is 4.31 Å². The van der Waals surface area contributed by atoms with Gasteiger partial charge >= 0.3 is 6.03 Å². The average Bonchev–Trinajstić information content (AvgIpc) is 3.42. The quantitative estimate of drug-likeness (QED) is 0.383. The minimum Gasteiger partial charge on any atom is -0.329 e. The second-order valence-corrected chi connectivity index (χ2v) is 13.9. The first-order valence-electron chi connectivity index (χ1n) is 14.9. The van der Waals surface area contributed by atoms with Crippen LogP contribution in [-0.4, -0.2) is 71.2 Å². The highest BCUT2D eigenvalue weighted by Crippen LogP contribution is 2.42. The minimum absolute atomic E-state index is 0.340. The normalized spacial score (nSPS) is 22.4. The van der Waals surface area contributed by atoms with Crippen LogP contribution in [0.5, 0.6) is 0 Å². The Hall–Kier alpha value is -3.35. The van der Waals surface area contributed by atoms with Gasteiger partial charge in [-0.1, -0.05) is 0 Å². The number of anilines is 2. The zero-order valence-electron chi connectivity index (χ0n) is 24.5. The van der Waals surface area contributed by atoms with Gasteiger partial charge in [-0.25, -0.2) is 27.0 Å². The Morgan fingerprint density at radius 2 is 1.63 bits per heavy atom. The molecule has 1 aromatic heterocycles. The predicted octanol–water partition coefficient (Wildman–Crippen LogP) is 5.08. The lowest BCUT2D eigenvalue weighted by atomic mass is 9.96. The van der Waals surface area contributed by atoms with Crippen molar-refractivity contribution < 1.29 is 22.0 Å². The number of nitrogens with zero attached hydrogens (tertiary/aromatic N) is 5. The van der Waals surface area contributed by atoms with Gasteiger partial charge in [-0.3, -0.25) is 9.80 Å². The lowest BCUT2D eigenvalue weighted by molar-refractivity contribution is 0.104. The molecule has 4 heterocycles. The molecular weight excluding hydrogens is 574 g/mol. The van der Waals surface area contributed by atoms with E-state index in [1.54, 1.807) is 17.0 Å². The molecule has 2 amide bonds. The van der Waals surface area contributed by atoms with E-state index in [1.165, 1.54) is 52.7 Å². The summed E-state index contributed by atoms with van der Waals surface area (Å²) >= 11 is 0. The van der Waals surface area contributed by atoms with E-state index in [0.717, 1.165) is 50.2 Å². The van der Waals surface area contributed by atoms with Crippen molar-refractivity contribution in [2.45, 2.75) is 70.1 Å². The number of aryl methyl sites for hydroxylation is 1. The lowest BCUT2D eigenvalue weighted by Gasteiger charge is -2.41. The molecule has 2 aromatic carbocycles. The summed E-state index contributed by atoms with van der Waals surface area (Å²) in [5, 5.41) is 2.83. The van der Waals surface area contributed by atoms with Gasteiger partial charge in [0.05, 0.1) is 18.5 Å². The Labute approximate surface area is 251 Å². The van der Waals surface area contributed by atoms with E-state index in [9.17, 15) is 22.0 Å². The molecule has 2 bridgehead atoms. The SMILES string of the molecule is Cc1nc2c(n1C1CC3CC[C@H](C1)N3CCCN(C(=O)Nc1ccc(F)cc1)c1ccc(F)cc1)CCN(S(C)(=O)=O)C2. The van der Waals surface area contributed by atoms with E-state index < -0.39 is 10.0 Å². The number of hydrogen-bond acceptors (Lipinski definition) is 5. The Bertz CT molecular complexity index is 1560. The molecule has 0 aliphatic carbocycles. The van der Waals surface area contributed by atoms with Gasteiger partial charge in [0.25, 0.3) is 0 Å². The smallest absolute Gasteiger partial charge is 0.326 e. The van der Waals surface area contributed by atoms with Gasteiger partial charge in [0.15, 0.2) is 0 Å². The highest BCUT2D eigenvalue weighted by Gasteiger charge is 2.42. The summed E-state index contributed by atoms with van der Waals surface area (Å²) in [6.45, 7) is 4.14. The third kappa shape index (κ3) is 6.32. The molecule has 3 aliphatic heterocycles. The largest absolute Gasteiger partial charge is 0.329 e. The van der Waals surface area contributed by atoms with Gasteiger partial charge in [0.2, 0.25) is 10.0 Å². The number of aromatic nitrogens is 2. The average molecular weight is 613 g/mol. The van der Waals surface area contributed by atoms with Crippen molar-refractivity contribution in [3.05, 3.63) is 77.4 Å². The summed E-state index contributed by atoms with van der Waals surface area (Å²) < 4.78 is 55.1. The van der Waals surface area contributed by atoms with E-state index in [1.807, 2.05) is 6.92 Å². The summed E-state index contributed by atoms with van der Waals surface area (Å²) in [7, 11) is -3.25. The molecule has 3 aromatic rings. The fraction of sp³-hybridized carbons (Fsp3) is 0.484. The molecule has 0 radical (unpaired) electrons. The number of rotatable bonds is 8. The van der Waals surface area contributed by atoms with E-state index in [-0.39, 0.29) is 17.7 Å². The Kier molecular flexibility index (Phi) is 8.27. The number of carbonyl (C=O) groups excluding carboxylic acids is 1. The second-order valence-electron chi connectivity index (χ2n) is 11.9. The van der Waals surface area contributed by atoms with Crippen molar-refractivity contribution >= 4 is 27.4 Å². The summed E-state index contributed by atoms with van der Waals surface area (Å²) in [5.74, 6) is 0.206. The van der Waals surface area contributed by atoms with E-state index >= 15 is 0 Å². The van der Waals surface area contributed by atoms with Crippen LogP contribution in [-0.2, 0) is 23.0 Å². The van der Waals surface area contributed by atoms with Crippen molar-refractivity contribution in [3.63, 3.8) is 0 Å². The molecule has 3 aliphatic rings. The number of benzene rings is 2. The van der Waals surface area contributed by atoms with Gasteiger partial charge in [-0.05, 0) is 87.6 Å². The molecule has 3 atom stereocenters. The molecule has 2 saturated heterocycles. The van der Waals surface area contributed by atoms with Crippen LogP contribution >= 0.6 is 0 Å². The van der Waals surface area contributed by atoms with Gasteiger partial charge in [-0.15, -0.1) is 0 Å². The Balaban J connectivity index is 1.11. The number of urea groups is 1. The van der Waals surface area contributed by atoms with Gasteiger partial charge in [0, 0.05) is 61.2 Å². The predicted molar refractivity (Wildman–Crippen MR) is 161 cm³/mol. The number of halogens is 2. The third-order valence-electron chi connectivity index (χ3n) is 9.16. The Morgan fingerprint density at radius 1 is 1.00 bits per heavy atom. The first-order valence-corrected chi connectivity index (χ1v) is 16.8. The standard InChI is InChI=1S/C31H38F2N6O3S/c1-21-34-29-20-36(43(2,41)42)17-14-30(29)39(21)28-18-26-12-13-27(19-28)37(26)15-3-16-38(25-10-6-23(33)7-11-25)31(40)35-24-8-4-22(32)5-9-24/h4-11,26-28H,3,12-20H2,1-2H3,(H,35,40)/t26-,27?,28?/m1/s1. The highest BCUT2D eigenvalue weighted by molar-refractivity contribution is 7.88. The molecule has 6 rings (SSSR count). The van der Waals surface area contributed by atoms with Gasteiger partial charge in [0.1, 0.15) is 17.5 Å². The van der Waals surface area contributed by atoms with Crippen LogP contribution in [0.4, 0.5) is 25.0 Å². The second kappa shape index (κ2) is 12.0. The number of amides is 2. The number of carbonyl (C=O) groups is 1. The van der Waals surface area contributed by atoms with Crippen LogP contribution in [0.2, 0.25) is 0 Å². The fourth-order valence-electron chi connectivity index (χ4n) is 7.21. The lowest BCUT2D eigenvalue weighted by Crippen LogP contribution is -2.45. The molecule has 0 spiro atoms. The molecule has 2 fully saturated rings. The number of nitrogens with one attached hydrogen (secondary N) is 1. The molecule has 9 nitrogen and oxygen atoms in total. The minimum atomic E-state index is -3.25. The van der Waals surface area contributed by atoms with Crippen molar-refractivity contribution in [1.82, 2.24) is 18.8 Å². The van der Waals surface area contributed by atoms with Crippen LogP contribution in [0.15, 0.2) is 48.5 Å². The van der Waals surface area contributed by atoms with Gasteiger partial charge < -0.3 is 9.88 Å². The maximum absolute atomic E-state index is 13.6. The highest BCUT2D eigenvalue weighted by atomic mass is 32.2. The van der Waals surface area contributed by atoms with E-state index in [4.69, 9.17) is 4.98 Å². The molecular formula is C31H38F2N6O3S. The van der Waals surface area contributed by atoms with Crippen LogP contribution in [0, 0.1) is 18.6 Å². The van der Waals surface area contributed by atoms with Crippen LogP contribution in [0.3, 0.4) is 0 Å². The van der Waals surface area contributed by atoms with Crippen molar-refractivity contribution in [2.24, 2.45) is 0 Å². The summed E-state index contributed by atoms with van der Waals surface area (Å²) in [5.41, 5.74) is 3.14. The first-order chi connectivity index (χ1) is 20.6. The fourth-order valence-corrected chi connectivity index (χ4v) is 7.99. The molecule has 230 valence electrons. The van der Waals surface area contributed by atoms with E-state index in [0.29, 0.717) is 55.6 Å². The number of hydrogen-bond donors (Lipinski definition) is 1. The van der Waals surface area contributed by atoms with Crippen molar-refractivity contribution in [1.29, 1.82) is 0 Å². The van der Waals surface area contributed by atoms with Crippen LogP contribution < -0.4 is 10.2 Å². The van der Waals surface area contributed by atoms with Crippen molar-refractivity contribution in [3.8, 4) is 0 Å². The van der Waals surface area contributed by atoms with Crippen molar-refractivity contribution in [2.75, 3.05) is 36.1 Å². The topological polar surface area (TPSA) is 90.8 Å². The number of piperidine rings is 1. The molecule has 2 unspecified atom stereocenters. The number of sulfonamides is 1. The zero-order chi connectivity index (χ0) is 30.3. The number of imidazole rings is 1. The summed E-state index contributed by atoms with van der Waals surface area (Å²) in [4.78, 5) is 22.3. The summed E-state index contributed by atoms with van der Waals surface area (Å²) in [6.07, 6.45) is 6.97. The molecule has 43 heavy (non-hydrogen) atoms. The van der Waals surface area contributed by atoms with E-state index in [2.05, 4.69) is 14.8 Å². The maximum Gasteiger partial charge on any atom is 0.326 e.